The zero-order valence-corrected chi connectivity index (χ0v) is 9.59. The number of hydrogen-bond acceptors (Lipinski definition) is 5. The maximum absolute atomic E-state index is 11.9. The fourth-order valence-corrected chi connectivity index (χ4v) is 1.50. The Balaban J connectivity index is 2.25. The first kappa shape index (κ1) is 11.8. The van der Waals surface area contributed by atoms with Crippen molar-refractivity contribution in [2.75, 3.05) is 17.2 Å². The summed E-state index contributed by atoms with van der Waals surface area (Å²) in [6, 6.07) is 11.4. The average molecular weight is 243 g/mol. The van der Waals surface area contributed by atoms with Crippen LogP contribution in [0.5, 0.6) is 5.75 Å². The molecule has 0 aliphatic heterocycles. The summed E-state index contributed by atoms with van der Waals surface area (Å²) in [5.41, 5.74) is 18.3. The van der Waals surface area contributed by atoms with Gasteiger partial charge in [-0.2, -0.15) is 0 Å². The van der Waals surface area contributed by atoms with Gasteiger partial charge in [0.25, 0.3) is 0 Å². The third-order valence-electron chi connectivity index (χ3n) is 2.42. The van der Waals surface area contributed by atoms with Gasteiger partial charge < -0.3 is 21.9 Å². The molecule has 0 heterocycles. The fraction of sp³-hybridized carbons (Fsp3) is 0. The molecule has 6 N–H and O–H groups in total. The smallest absolute Gasteiger partial charge is 0.345 e. The lowest BCUT2D eigenvalue weighted by Crippen LogP contribution is -2.12. The lowest BCUT2D eigenvalue weighted by molar-refractivity contribution is 0.0737. The molecule has 0 aliphatic carbocycles. The summed E-state index contributed by atoms with van der Waals surface area (Å²) in [6.07, 6.45) is 0. The van der Waals surface area contributed by atoms with Crippen LogP contribution >= 0.6 is 0 Å². The van der Waals surface area contributed by atoms with Crippen LogP contribution in [0.25, 0.3) is 0 Å². The number of carbonyl (C=O) groups is 1. The van der Waals surface area contributed by atoms with E-state index in [1.54, 1.807) is 30.3 Å². The van der Waals surface area contributed by atoms with Crippen LogP contribution in [0.3, 0.4) is 0 Å². The number of para-hydroxylation sites is 2. The second-order valence-electron chi connectivity index (χ2n) is 3.77. The molecule has 5 nitrogen and oxygen atoms in total. The molecule has 0 bridgehead atoms. The quantitative estimate of drug-likeness (QED) is 0.422. The van der Waals surface area contributed by atoms with Crippen molar-refractivity contribution in [3.8, 4) is 5.75 Å². The molecule has 0 fully saturated rings. The standard InChI is InChI=1S/C13H13N3O2/c14-8-5-6-9(11(16)7-8)13(17)18-12-4-2-1-3-10(12)15/h1-7H,14-16H2. The highest BCUT2D eigenvalue weighted by Crippen LogP contribution is 2.23. The summed E-state index contributed by atoms with van der Waals surface area (Å²) in [4.78, 5) is 11.9. The van der Waals surface area contributed by atoms with Crippen LogP contribution in [0.1, 0.15) is 10.4 Å². The minimum Gasteiger partial charge on any atom is -0.421 e. The molecule has 0 aromatic heterocycles. The molecule has 2 rings (SSSR count). The fourth-order valence-electron chi connectivity index (χ4n) is 1.50. The van der Waals surface area contributed by atoms with E-state index >= 15 is 0 Å². The molecule has 0 saturated carbocycles. The van der Waals surface area contributed by atoms with Crippen LogP contribution in [0.15, 0.2) is 42.5 Å². The minimum absolute atomic E-state index is 0.257. The van der Waals surface area contributed by atoms with Gasteiger partial charge in [0.15, 0.2) is 5.75 Å². The van der Waals surface area contributed by atoms with Crippen LogP contribution in [0.2, 0.25) is 0 Å². The first-order valence-corrected chi connectivity index (χ1v) is 5.29. The number of carbonyl (C=O) groups excluding carboxylic acids is 1. The maximum atomic E-state index is 11.9. The molecule has 18 heavy (non-hydrogen) atoms. The van der Waals surface area contributed by atoms with Gasteiger partial charge in [-0.3, -0.25) is 0 Å². The molecule has 0 aliphatic rings. The number of ether oxygens (including phenoxy) is 1. The monoisotopic (exact) mass is 243 g/mol. The summed E-state index contributed by atoms with van der Waals surface area (Å²) in [5, 5.41) is 0. The first-order chi connectivity index (χ1) is 8.58. The Morgan fingerprint density at radius 1 is 0.944 bits per heavy atom. The third-order valence-corrected chi connectivity index (χ3v) is 2.42. The number of rotatable bonds is 2. The molecule has 2 aromatic carbocycles. The second-order valence-corrected chi connectivity index (χ2v) is 3.77. The van der Waals surface area contributed by atoms with Crippen molar-refractivity contribution in [2.45, 2.75) is 0 Å². The van der Waals surface area contributed by atoms with Gasteiger partial charge in [0.05, 0.1) is 11.3 Å². The Morgan fingerprint density at radius 3 is 2.33 bits per heavy atom. The highest BCUT2D eigenvalue weighted by atomic mass is 16.5. The zero-order chi connectivity index (χ0) is 13.1. The molecular weight excluding hydrogens is 230 g/mol. The number of nitrogen functional groups attached to an aromatic ring is 3. The summed E-state index contributed by atoms with van der Waals surface area (Å²) < 4.78 is 5.17. The van der Waals surface area contributed by atoms with E-state index in [0.717, 1.165) is 0 Å². The molecule has 0 amide bonds. The first-order valence-electron chi connectivity index (χ1n) is 5.29. The summed E-state index contributed by atoms with van der Waals surface area (Å²) in [5.74, 6) is -0.260. The van der Waals surface area contributed by atoms with E-state index in [2.05, 4.69) is 0 Å². The van der Waals surface area contributed by atoms with Crippen LogP contribution in [0, 0.1) is 0 Å². The van der Waals surface area contributed by atoms with Gasteiger partial charge in [-0.25, -0.2) is 4.79 Å². The van der Waals surface area contributed by atoms with E-state index in [-0.39, 0.29) is 11.3 Å². The largest absolute Gasteiger partial charge is 0.421 e. The van der Waals surface area contributed by atoms with Crippen molar-refractivity contribution in [3.63, 3.8) is 0 Å². The van der Waals surface area contributed by atoms with Crippen LogP contribution in [0.4, 0.5) is 17.1 Å². The van der Waals surface area contributed by atoms with Crippen molar-refractivity contribution in [3.05, 3.63) is 48.0 Å². The average Bonchev–Trinajstić information content (AvgIpc) is 2.32. The van der Waals surface area contributed by atoms with Crippen molar-refractivity contribution < 1.29 is 9.53 Å². The van der Waals surface area contributed by atoms with Gasteiger partial charge in [-0.1, -0.05) is 12.1 Å². The topological polar surface area (TPSA) is 104 Å². The van der Waals surface area contributed by atoms with E-state index in [0.29, 0.717) is 17.1 Å². The van der Waals surface area contributed by atoms with E-state index in [4.69, 9.17) is 21.9 Å². The number of anilines is 3. The predicted octanol–water partition coefficient (Wildman–Crippen LogP) is 1.65. The zero-order valence-electron chi connectivity index (χ0n) is 9.59. The molecule has 5 heteroatoms. The number of nitrogens with two attached hydrogens (primary N) is 3. The van der Waals surface area contributed by atoms with Crippen LogP contribution < -0.4 is 21.9 Å². The van der Waals surface area contributed by atoms with Crippen molar-refractivity contribution in [2.24, 2.45) is 0 Å². The SMILES string of the molecule is Nc1ccc(C(=O)Oc2ccccc2N)c(N)c1. The molecule has 2 aromatic rings. The summed E-state index contributed by atoms with van der Waals surface area (Å²) in [6.45, 7) is 0. The Bertz CT molecular complexity index is 597. The van der Waals surface area contributed by atoms with Gasteiger partial charge >= 0.3 is 5.97 Å². The van der Waals surface area contributed by atoms with E-state index < -0.39 is 5.97 Å². The van der Waals surface area contributed by atoms with Crippen LogP contribution in [-0.4, -0.2) is 5.97 Å². The number of esters is 1. The lowest BCUT2D eigenvalue weighted by atomic mass is 10.1. The minimum atomic E-state index is -0.564. The van der Waals surface area contributed by atoms with E-state index in [1.165, 1.54) is 12.1 Å². The number of hydrogen-bond donors (Lipinski definition) is 3. The van der Waals surface area contributed by atoms with E-state index in [9.17, 15) is 4.79 Å². The van der Waals surface area contributed by atoms with Crippen molar-refractivity contribution >= 4 is 23.0 Å². The molecule has 0 unspecified atom stereocenters. The lowest BCUT2D eigenvalue weighted by Gasteiger charge is -2.08. The second kappa shape index (κ2) is 4.67. The Labute approximate surface area is 104 Å². The van der Waals surface area contributed by atoms with Gasteiger partial charge in [0.2, 0.25) is 0 Å². The molecular formula is C13H13N3O2. The van der Waals surface area contributed by atoms with Gasteiger partial charge in [-0.15, -0.1) is 0 Å². The predicted molar refractivity (Wildman–Crippen MR) is 71.1 cm³/mol. The van der Waals surface area contributed by atoms with E-state index in [1.807, 2.05) is 0 Å². The van der Waals surface area contributed by atoms with Gasteiger partial charge in [0.1, 0.15) is 0 Å². The normalized spacial score (nSPS) is 10.0. The molecule has 0 radical (unpaired) electrons. The Kier molecular flexibility index (Phi) is 3.05. The summed E-state index contributed by atoms with van der Waals surface area (Å²) in [7, 11) is 0. The van der Waals surface area contributed by atoms with Gasteiger partial charge in [-0.05, 0) is 30.3 Å². The summed E-state index contributed by atoms with van der Waals surface area (Å²) >= 11 is 0. The maximum Gasteiger partial charge on any atom is 0.345 e. The highest BCUT2D eigenvalue weighted by molar-refractivity contribution is 5.97. The Hall–Kier alpha value is -2.69. The van der Waals surface area contributed by atoms with Crippen LogP contribution in [-0.2, 0) is 0 Å². The number of benzene rings is 2. The molecule has 0 saturated heterocycles. The van der Waals surface area contributed by atoms with Crippen molar-refractivity contribution in [1.29, 1.82) is 0 Å². The Morgan fingerprint density at radius 2 is 1.67 bits per heavy atom. The third kappa shape index (κ3) is 2.35. The highest BCUT2D eigenvalue weighted by Gasteiger charge is 2.13. The van der Waals surface area contributed by atoms with Crippen molar-refractivity contribution in [1.82, 2.24) is 0 Å². The molecule has 92 valence electrons. The molecule has 0 atom stereocenters. The van der Waals surface area contributed by atoms with Gasteiger partial charge in [0, 0.05) is 11.4 Å². The molecule has 0 spiro atoms.